The molecule has 1 amide bonds. The molecule has 0 radical (unpaired) electrons. The minimum Gasteiger partial charge on any atom is -0.497 e. The maximum Gasteiger partial charge on any atom is 0.228 e. The molecule has 0 unspecified atom stereocenters. The van der Waals surface area contributed by atoms with E-state index in [0.29, 0.717) is 23.6 Å². The number of nitrogens with zero attached hydrogens (tertiary/aromatic N) is 1. The van der Waals surface area contributed by atoms with E-state index in [1.807, 2.05) is 54.6 Å². The lowest BCUT2D eigenvalue weighted by atomic mass is 10.1. The first-order valence-electron chi connectivity index (χ1n) is 8.81. The van der Waals surface area contributed by atoms with Crippen LogP contribution in [0.15, 0.2) is 72.8 Å². The molecule has 0 aliphatic rings. The summed E-state index contributed by atoms with van der Waals surface area (Å²) in [6, 6.07) is 24.0. The maximum atomic E-state index is 12.3. The van der Waals surface area contributed by atoms with E-state index in [4.69, 9.17) is 14.7 Å². The van der Waals surface area contributed by atoms with E-state index in [9.17, 15) is 4.79 Å². The fourth-order valence-corrected chi connectivity index (χ4v) is 2.73. The van der Waals surface area contributed by atoms with Gasteiger partial charge in [0, 0.05) is 11.8 Å². The number of ether oxygens (including phenoxy) is 2. The van der Waals surface area contributed by atoms with Crippen LogP contribution in [0.1, 0.15) is 16.7 Å². The lowest BCUT2D eigenvalue weighted by Gasteiger charge is -2.10. The van der Waals surface area contributed by atoms with Gasteiger partial charge in [-0.15, -0.1) is 0 Å². The Morgan fingerprint density at radius 1 is 0.964 bits per heavy atom. The van der Waals surface area contributed by atoms with Gasteiger partial charge in [0.2, 0.25) is 5.91 Å². The molecule has 0 saturated heterocycles. The molecule has 1 N–H and O–H groups in total. The van der Waals surface area contributed by atoms with Gasteiger partial charge in [0.15, 0.2) is 0 Å². The second-order valence-electron chi connectivity index (χ2n) is 6.21. The van der Waals surface area contributed by atoms with E-state index < -0.39 is 0 Å². The van der Waals surface area contributed by atoms with E-state index in [1.54, 1.807) is 25.3 Å². The summed E-state index contributed by atoms with van der Waals surface area (Å²) in [4.78, 5) is 12.3. The van der Waals surface area contributed by atoms with Gasteiger partial charge in [-0.3, -0.25) is 4.79 Å². The van der Waals surface area contributed by atoms with Crippen LogP contribution in [0.25, 0.3) is 0 Å². The molecule has 28 heavy (non-hydrogen) atoms. The fraction of sp³-hybridized carbons (Fsp3) is 0.130. The summed E-state index contributed by atoms with van der Waals surface area (Å²) in [6.45, 7) is 0.344. The van der Waals surface area contributed by atoms with Gasteiger partial charge in [-0.05, 0) is 47.5 Å². The Balaban J connectivity index is 1.59. The third-order valence-electron chi connectivity index (χ3n) is 4.08. The minimum atomic E-state index is -0.118. The molecular formula is C23H20N2O3. The molecule has 3 rings (SSSR count). The third-order valence-corrected chi connectivity index (χ3v) is 4.08. The first kappa shape index (κ1) is 19.0. The van der Waals surface area contributed by atoms with Crippen LogP contribution in [0.3, 0.4) is 0 Å². The summed E-state index contributed by atoms with van der Waals surface area (Å²) in [5, 5.41) is 11.8. The molecule has 3 aromatic carbocycles. The number of hydrogen-bond donors (Lipinski definition) is 1. The van der Waals surface area contributed by atoms with Gasteiger partial charge in [0.25, 0.3) is 0 Å². The average molecular weight is 372 g/mol. The number of hydrogen-bond acceptors (Lipinski definition) is 4. The van der Waals surface area contributed by atoms with Crippen LogP contribution in [0, 0.1) is 11.3 Å². The van der Waals surface area contributed by atoms with Crippen LogP contribution in [0.5, 0.6) is 11.5 Å². The van der Waals surface area contributed by atoms with Crippen molar-refractivity contribution in [2.24, 2.45) is 0 Å². The lowest BCUT2D eigenvalue weighted by Crippen LogP contribution is -2.14. The molecule has 0 bridgehead atoms. The third kappa shape index (κ3) is 5.36. The zero-order valence-electron chi connectivity index (χ0n) is 15.5. The predicted molar refractivity (Wildman–Crippen MR) is 107 cm³/mol. The molecule has 0 heterocycles. The summed E-state index contributed by atoms with van der Waals surface area (Å²) in [7, 11) is 1.60. The van der Waals surface area contributed by atoms with Crippen LogP contribution in [0.2, 0.25) is 0 Å². The van der Waals surface area contributed by atoms with Crippen LogP contribution in [-0.4, -0.2) is 13.0 Å². The summed E-state index contributed by atoms with van der Waals surface area (Å²) in [5.74, 6) is 1.25. The molecular weight excluding hydrogens is 352 g/mol. The van der Waals surface area contributed by atoms with Gasteiger partial charge in [-0.1, -0.05) is 30.3 Å². The summed E-state index contributed by atoms with van der Waals surface area (Å²) >= 11 is 0. The Labute approximate surface area is 164 Å². The molecule has 0 aliphatic carbocycles. The van der Waals surface area contributed by atoms with Crippen molar-refractivity contribution in [2.45, 2.75) is 13.0 Å². The van der Waals surface area contributed by atoms with Gasteiger partial charge in [-0.25, -0.2) is 0 Å². The van der Waals surface area contributed by atoms with E-state index in [2.05, 4.69) is 11.4 Å². The summed E-state index contributed by atoms with van der Waals surface area (Å²) in [5.41, 5.74) is 3.05. The molecule has 0 spiro atoms. The van der Waals surface area contributed by atoms with Crippen molar-refractivity contribution in [3.05, 3.63) is 89.5 Å². The van der Waals surface area contributed by atoms with Gasteiger partial charge >= 0.3 is 0 Å². The second-order valence-corrected chi connectivity index (χ2v) is 6.21. The maximum absolute atomic E-state index is 12.3. The highest BCUT2D eigenvalue weighted by molar-refractivity contribution is 5.92. The van der Waals surface area contributed by atoms with Crippen LogP contribution in [-0.2, 0) is 17.8 Å². The molecule has 5 heteroatoms. The average Bonchev–Trinajstić information content (AvgIpc) is 2.72. The van der Waals surface area contributed by atoms with Crippen molar-refractivity contribution in [1.82, 2.24) is 0 Å². The quantitative estimate of drug-likeness (QED) is 0.670. The molecule has 0 fully saturated rings. The highest BCUT2D eigenvalue weighted by atomic mass is 16.5. The number of methoxy groups -OCH3 is 1. The summed E-state index contributed by atoms with van der Waals surface area (Å²) in [6.07, 6.45) is 0.253. The van der Waals surface area contributed by atoms with E-state index in [0.717, 1.165) is 16.9 Å². The number of nitriles is 1. The smallest absolute Gasteiger partial charge is 0.228 e. The number of nitrogens with one attached hydrogen (secondary N) is 1. The SMILES string of the molecule is COc1cccc(CC(=O)Nc2cccc(OCc3cccc(C#N)c3)c2)c1. The van der Waals surface area contributed by atoms with E-state index in [-0.39, 0.29) is 12.3 Å². The normalized spacial score (nSPS) is 10.0. The van der Waals surface area contributed by atoms with Crippen molar-refractivity contribution in [3.63, 3.8) is 0 Å². The molecule has 3 aromatic rings. The van der Waals surface area contributed by atoms with Crippen LogP contribution in [0.4, 0.5) is 5.69 Å². The number of amides is 1. The highest BCUT2D eigenvalue weighted by Crippen LogP contribution is 2.20. The predicted octanol–water partition coefficient (Wildman–Crippen LogP) is 4.33. The van der Waals surface area contributed by atoms with Crippen molar-refractivity contribution in [2.75, 3.05) is 12.4 Å². The molecule has 5 nitrogen and oxygen atoms in total. The van der Waals surface area contributed by atoms with Gasteiger partial charge in [0.1, 0.15) is 18.1 Å². The molecule has 0 atom stereocenters. The van der Waals surface area contributed by atoms with Crippen molar-refractivity contribution < 1.29 is 14.3 Å². The van der Waals surface area contributed by atoms with Crippen molar-refractivity contribution in [1.29, 1.82) is 5.26 Å². The van der Waals surface area contributed by atoms with Crippen molar-refractivity contribution >= 4 is 11.6 Å². The minimum absolute atomic E-state index is 0.118. The fourth-order valence-electron chi connectivity index (χ4n) is 2.73. The largest absolute Gasteiger partial charge is 0.497 e. The van der Waals surface area contributed by atoms with Crippen LogP contribution >= 0.6 is 0 Å². The molecule has 0 aromatic heterocycles. The van der Waals surface area contributed by atoms with E-state index >= 15 is 0 Å². The number of rotatable bonds is 7. The standard InChI is InChI=1S/C23H20N2O3/c1-27-21-9-3-5-17(12-21)13-23(26)25-20-8-4-10-22(14-20)28-16-19-7-2-6-18(11-19)15-24/h2-12,14H,13,16H2,1H3,(H,25,26). The van der Waals surface area contributed by atoms with E-state index in [1.165, 1.54) is 0 Å². The Bertz CT molecular complexity index is 1010. The number of benzene rings is 3. The molecule has 0 aliphatic heterocycles. The Morgan fingerprint density at radius 2 is 1.71 bits per heavy atom. The topological polar surface area (TPSA) is 71.3 Å². The second kappa shape index (κ2) is 9.24. The molecule has 140 valence electrons. The van der Waals surface area contributed by atoms with Crippen molar-refractivity contribution in [3.8, 4) is 17.6 Å². The lowest BCUT2D eigenvalue weighted by molar-refractivity contribution is -0.115. The number of anilines is 1. The highest BCUT2D eigenvalue weighted by Gasteiger charge is 2.06. The summed E-state index contributed by atoms with van der Waals surface area (Å²) < 4.78 is 11.0. The first-order valence-corrected chi connectivity index (χ1v) is 8.81. The Hall–Kier alpha value is -3.78. The number of carbonyl (C=O) groups is 1. The number of carbonyl (C=O) groups excluding carboxylic acids is 1. The monoisotopic (exact) mass is 372 g/mol. The first-order chi connectivity index (χ1) is 13.7. The van der Waals surface area contributed by atoms with Gasteiger partial charge < -0.3 is 14.8 Å². The Kier molecular flexibility index (Phi) is 6.27. The van der Waals surface area contributed by atoms with Crippen LogP contribution < -0.4 is 14.8 Å². The Morgan fingerprint density at radius 3 is 2.54 bits per heavy atom. The zero-order chi connectivity index (χ0) is 19.8. The van der Waals surface area contributed by atoms with Gasteiger partial charge in [0.05, 0.1) is 25.2 Å². The molecule has 0 saturated carbocycles. The zero-order valence-corrected chi connectivity index (χ0v) is 15.5. The van der Waals surface area contributed by atoms with Gasteiger partial charge in [-0.2, -0.15) is 5.26 Å².